The van der Waals surface area contributed by atoms with Gasteiger partial charge in [0.25, 0.3) is 5.91 Å². The van der Waals surface area contributed by atoms with Gasteiger partial charge in [-0.1, -0.05) is 23.2 Å². The first-order valence-electron chi connectivity index (χ1n) is 10.7. The summed E-state index contributed by atoms with van der Waals surface area (Å²) in [6.07, 6.45) is 7.53. The molecule has 4 rings (SSSR count). The number of hydrogen-bond donors (Lipinski definition) is 1. The number of fused-ring (bicyclic) bond motifs is 2. The van der Waals surface area contributed by atoms with Crippen molar-refractivity contribution < 1.29 is 17.9 Å². The summed E-state index contributed by atoms with van der Waals surface area (Å²) in [5.74, 6) is 0.676. The van der Waals surface area contributed by atoms with Crippen LogP contribution in [0.4, 0.5) is 5.82 Å². The Kier molecular flexibility index (Phi) is 6.50. The van der Waals surface area contributed by atoms with Crippen LogP contribution in [-0.2, 0) is 14.6 Å². The summed E-state index contributed by atoms with van der Waals surface area (Å²) in [7, 11) is -3.29. The fourth-order valence-electron chi connectivity index (χ4n) is 4.54. The maximum atomic E-state index is 13.0. The van der Waals surface area contributed by atoms with Crippen LogP contribution in [-0.4, -0.2) is 54.3 Å². The lowest BCUT2D eigenvalue weighted by molar-refractivity contribution is -0.135. The molecule has 8 nitrogen and oxygen atoms in total. The van der Waals surface area contributed by atoms with Crippen LogP contribution in [0.2, 0.25) is 10.0 Å². The molecule has 178 valence electrons. The van der Waals surface area contributed by atoms with Gasteiger partial charge in [-0.25, -0.2) is 18.4 Å². The maximum Gasteiger partial charge on any atom is 0.263 e. The number of nitrogens with one attached hydrogen (secondary N) is 1. The molecule has 1 amide bonds. The molecule has 11 heteroatoms. The second-order valence-corrected chi connectivity index (χ2v) is 12.0. The molecule has 0 saturated carbocycles. The zero-order valence-electron chi connectivity index (χ0n) is 18.6. The molecule has 33 heavy (non-hydrogen) atoms. The van der Waals surface area contributed by atoms with E-state index >= 15 is 0 Å². The van der Waals surface area contributed by atoms with Crippen molar-refractivity contribution in [2.75, 3.05) is 11.2 Å². The minimum absolute atomic E-state index is 0.00179. The van der Waals surface area contributed by atoms with Gasteiger partial charge >= 0.3 is 0 Å². The normalized spacial score (nSPS) is 22.8. The molecule has 4 heterocycles. The number of piperidine rings is 1. The van der Waals surface area contributed by atoms with E-state index in [0.29, 0.717) is 5.02 Å². The van der Waals surface area contributed by atoms with Crippen molar-refractivity contribution in [2.24, 2.45) is 0 Å². The van der Waals surface area contributed by atoms with Gasteiger partial charge in [-0.2, -0.15) is 0 Å². The van der Waals surface area contributed by atoms with E-state index in [1.165, 1.54) is 24.7 Å². The highest BCUT2D eigenvalue weighted by Gasteiger charge is 2.43. The Morgan fingerprint density at radius 3 is 2.36 bits per heavy atom. The Hall–Kier alpha value is -2.10. The number of ether oxygens (including phenoxy) is 1. The van der Waals surface area contributed by atoms with Crippen LogP contribution in [0.25, 0.3) is 0 Å². The van der Waals surface area contributed by atoms with Crippen LogP contribution >= 0.6 is 23.2 Å². The fraction of sp³-hybridized carbons (Fsp3) is 0.500. The lowest BCUT2D eigenvalue weighted by Crippen LogP contribution is -2.55. The molecule has 2 aromatic heterocycles. The molecule has 2 aliphatic heterocycles. The van der Waals surface area contributed by atoms with E-state index in [1.54, 1.807) is 26.0 Å². The van der Waals surface area contributed by atoms with Crippen molar-refractivity contribution >= 4 is 44.8 Å². The molecule has 2 aliphatic rings. The quantitative estimate of drug-likeness (QED) is 0.629. The van der Waals surface area contributed by atoms with Gasteiger partial charge < -0.3 is 15.0 Å². The molecule has 2 fully saturated rings. The summed E-state index contributed by atoms with van der Waals surface area (Å²) >= 11 is 12.0. The number of rotatable bonds is 6. The molecular weight excluding hydrogens is 487 g/mol. The Balaban J connectivity index is 1.41. The number of halogens is 2. The van der Waals surface area contributed by atoms with Crippen LogP contribution in [0.5, 0.6) is 5.88 Å². The molecule has 0 aliphatic carbocycles. The number of carbonyl (C=O) groups is 1. The second kappa shape index (κ2) is 8.92. The maximum absolute atomic E-state index is 13.0. The lowest BCUT2D eigenvalue weighted by atomic mass is 9.96. The highest BCUT2D eigenvalue weighted by atomic mass is 35.5. The Morgan fingerprint density at radius 1 is 1.15 bits per heavy atom. The van der Waals surface area contributed by atoms with Gasteiger partial charge in [-0.05, 0) is 57.7 Å². The SMILES string of the molecule is CC(C)(Oc1ncc(Cl)cc1Cl)C(=O)NC1CC2CCC(C1)N2c1ccc(S(C)(=O)=O)cn1. The van der Waals surface area contributed by atoms with Crippen molar-refractivity contribution in [2.45, 2.75) is 68.2 Å². The molecule has 2 atom stereocenters. The van der Waals surface area contributed by atoms with Crippen LogP contribution in [0.1, 0.15) is 39.5 Å². The predicted octanol–water partition coefficient (Wildman–Crippen LogP) is 3.66. The number of carbonyl (C=O) groups excluding carboxylic acids is 1. The van der Waals surface area contributed by atoms with Crippen molar-refractivity contribution in [3.63, 3.8) is 0 Å². The van der Waals surface area contributed by atoms with Crippen LogP contribution in [0, 0.1) is 0 Å². The number of anilines is 1. The molecule has 0 radical (unpaired) electrons. The van der Waals surface area contributed by atoms with E-state index in [0.717, 1.165) is 31.5 Å². The third-order valence-corrected chi connectivity index (χ3v) is 7.73. The summed E-state index contributed by atoms with van der Waals surface area (Å²) in [4.78, 5) is 24.0. The average molecular weight is 513 g/mol. The summed E-state index contributed by atoms with van der Waals surface area (Å²) < 4.78 is 29.2. The molecule has 2 unspecified atom stereocenters. The highest BCUT2D eigenvalue weighted by molar-refractivity contribution is 7.90. The number of sulfone groups is 1. The van der Waals surface area contributed by atoms with Gasteiger partial charge in [0, 0.05) is 36.8 Å². The van der Waals surface area contributed by atoms with Crippen molar-refractivity contribution in [1.82, 2.24) is 15.3 Å². The zero-order chi connectivity index (χ0) is 24.0. The Labute approximate surface area is 203 Å². The van der Waals surface area contributed by atoms with Crippen LogP contribution in [0.3, 0.4) is 0 Å². The van der Waals surface area contributed by atoms with Gasteiger partial charge in [-0.15, -0.1) is 0 Å². The molecular formula is C22H26Cl2N4O4S. The van der Waals surface area contributed by atoms with Crippen molar-refractivity contribution in [1.29, 1.82) is 0 Å². The van der Waals surface area contributed by atoms with E-state index in [1.807, 2.05) is 0 Å². The zero-order valence-corrected chi connectivity index (χ0v) is 20.9. The van der Waals surface area contributed by atoms with E-state index in [4.69, 9.17) is 27.9 Å². The highest BCUT2D eigenvalue weighted by Crippen LogP contribution is 2.39. The molecule has 2 saturated heterocycles. The van der Waals surface area contributed by atoms with E-state index < -0.39 is 15.4 Å². The van der Waals surface area contributed by atoms with Crippen molar-refractivity contribution in [3.05, 3.63) is 40.6 Å². The lowest BCUT2D eigenvalue weighted by Gasteiger charge is -2.40. The van der Waals surface area contributed by atoms with E-state index in [-0.39, 0.29) is 39.8 Å². The summed E-state index contributed by atoms with van der Waals surface area (Å²) in [5.41, 5.74) is -1.18. The van der Waals surface area contributed by atoms with E-state index in [9.17, 15) is 13.2 Å². The molecule has 0 spiro atoms. The van der Waals surface area contributed by atoms with E-state index in [2.05, 4.69) is 20.2 Å². The third kappa shape index (κ3) is 5.20. The standard InChI is InChI=1S/C22H26Cl2N4O4S/c1-22(2,32-20-18(24)8-13(23)11-26-20)21(29)27-14-9-15-4-5-16(10-14)28(15)19-7-6-17(12-25-19)33(3,30)31/h6-8,11-12,14-16H,4-5,9-10H2,1-3H3,(H,27,29). The first kappa shape index (κ1) is 24.0. The Bertz CT molecular complexity index is 1140. The molecule has 2 aromatic rings. The number of nitrogens with zero attached hydrogens (tertiary/aromatic N) is 3. The Morgan fingerprint density at radius 2 is 1.82 bits per heavy atom. The topological polar surface area (TPSA) is 101 Å². The summed E-state index contributed by atoms with van der Waals surface area (Å²) in [5, 5.41) is 3.75. The average Bonchev–Trinajstić information content (AvgIpc) is 3.00. The summed E-state index contributed by atoms with van der Waals surface area (Å²) in [6.45, 7) is 3.35. The molecule has 1 N–H and O–H groups in total. The van der Waals surface area contributed by atoms with Crippen molar-refractivity contribution in [3.8, 4) is 5.88 Å². The number of hydrogen-bond acceptors (Lipinski definition) is 7. The first-order valence-corrected chi connectivity index (χ1v) is 13.3. The third-order valence-electron chi connectivity index (χ3n) is 6.15. The largest absolute Gasteiger partial charge is 0.460 e. The monoisotopic (exact) mass is 512 g/mol. The van der Waals surface area contributed by atoms with Crippen LogP contribution in [0.15, 0.2) is 35.5 Å². The smallest absolute Gasteiger partial charge is 0.263 e. The van der Waals surface area contributed by atoms with Gasteiger partial charge in [0.1, 0.15) is 10.8 Å². The van der Waals surface area contributed by atoms with Gasteiger partial charge in [0.05, 0.1) is 9.92 Å². The minimum Gasteiger partial charge on any atom is -0.460 e. The van der Waals surface area contributed by atoms with Gasteiger partial charge in [0.15, 0.2) is 15.4 Å². The fourth-order valence-corrected chi connectivity index (χ4v) is 5.52. The number of aromatic nitrogens is 2. The van der Waals surface area contributed by atoms with Gasteiger partial charge in [-0.3, -0.25) is 4.79 Å². The number of pyridine rings is 2. The molecule has 2 bridgehead atoms. The van der Waals surface area contributed by atoms with Crippen LogP contribution < -0.4 is 15.0 Å². The molecule has 0 aromatic carbocycles. The predicted molar refractivity (Wildman–Crippen MR) is 127 cm³/mol. The first-order chi connectivity index (χ1) is 15.4. The second-order valence-electron chi connectivity index (χ2n) is 9.11. The number of amides is 1. The van der Waals surface area contributed by atoms with Gasteiger partial charge in [0.2, 0.25) is 5.88 Å². The minimum atomic E-state index is -3.29. The summed E-state index contributed by atoms with van der Waals surface area (Å²) in [6, 6.07) is 5.33.